The van der Waals surface area contributed by atoms with Gasteiger partial charge in [0.15, 0.2) is 6.61 Å². The molecule has 1 aromatic carbocycles. The zero-order valence-electron chi connectivity index (χ0n) is 15.4. The Morgan fingerprint density at radius 3 is 2.45 bits per heavy atom. The minimum Gasteiger partial charge on any atom is -0.455 e. The Bertz CT molecular complexity index is 855. The van der Waals surface area contributed by atoms with Crippen LogP contribution in [0.5, 0.6) is 0 Å². The van der Waals surface area contributed by atoms with Crippen LogP contribution in [0.3, 0.4) is 0 Å². The zero-order chi connectivity index (χ0) is 21.2. The summed E-state index contributed by atoms with van der Waals surface area (Å²) in [4.78, 5) is 48.8. The highest BCUT2D eigenvalue weighted by molar-refractivity contribution is 7.12. The Labute approximate surface area is 170 Å². The second-order valence-electron chi connectivity index (χ2n) is 5.88. The number of thiophene rings is 1. The zero-order valence-corrected chi connectivity index (χ0v) is 16.2. The number of carbonyl (C=O) groups is 4. The van der Waals surface area contributed by atoms with E-state index in [0.717, 1.165) is 0 Å². The lowest BCUT2D eigenvalue weighted by Crippen LogP contribution is -2.37. The molecule has 3 N–H and O–H groups in total. The third kappa shape index (κ3) is 7.34. The van der Waals surface area contributed by atoms with Gasteiger partial charge in [0.2, 0.25) is 5.91 Å². The second-order valence-corrected chi connectivity index (χ2v) is 6.83. The van der Waals surface area contributed by atoms with E-state index in [1.807, 2.05) is 0 Å². The average molecular weight is 421 g/mol. The highest BCUT2D eigenvalue weighted by atomic mass is 32.1. The molecular weight excluding hydrogens is 401 g/mol. The quantitative estimate of drug-likeness (QED) is 0.563. The highest BCUT2D eigenvalue weighted by Crippen LogP contribution is 2.16. The second kappa shape index (κ2) is 10.9. The van der Waals surface area contributed by atoms with Gasteiger partial charge in [0.25, 0.3) is 11.8 Å². The number of amides is 3. The first kappa shape index (κ1) is 22.0. The molecule has 2 aromatic rings. The Morgan fingerprint density at radius 1 is 1.10 bits per heavy atom. The van der Waals surface area contributed by atoms with Crippen molar-refractivity contribution in [2.24, 2.45) is 5.73 Å². The molecule has 2 rings (SSSR count). The molecule has 1 aromatic heterocycles. The first-order valence-corrected chi connectivity index (χ1v) is 9.56. The molecule has 0 atom stereocenters. The van der Waals surface area contributed by atoms with Gasteiger partial charge in [-0.3, -0.25) is 19.2 Å². The van der Waals surface area contributed by atoms with Crippen molar-refractivity contribution in [2.75, 3.05) is 24.6 Å². The highest BCUT2D eigenvalue weighted by Gasteiger charge is 2.18. The van der Waals surface area contributed by atoms with E-state index < -0.39 is 30.2 Å². The molecule has 29 heavy (non-hydrogen) atoms. The number of ether oxygens (including phenoxy) is 1. The number of hydrogen-bond donors (Lipinski definition) is 2. The largest absolute Gasteiger partial charge is 0.455 e. The van der Waals surface area contributed by atoms with Gasteiger partial charge >= 0.3 is 5.97 Å². The first-order valence-electron chi connectivity index (χ1n) is 8.68. The number of nitrogens with two attached hydrogens (primary N) is 1. The van der Waals surface area contributed by atoms with Gasteiger partial charge < -0.3 is 20.7 Å². The van der Waals surface area contributed by atoms with Crippen LogP contribution in [0, 0.1) is 5.82 Å². The van der Waals surface area contributed by atoms with Crippen molar-refractivity contribution in [1.82, 2.24) is 5.32 Å². The number of esters is 1. The molecule has 0 saturated carbocycles. The van der Waals surface area contributed by atoms with Crippen LogP contribution in [0.4, 0.5) is 10.1 Å². The number of rotatable bonds is 10. The molecule has 0 unspecified atom stereocenters. The molecule has 0 aliphatic rings. The van der Waals surface area contributed by atoms with Crippen molar-refractivity contribution < 1.29 is 28.3 Å². The fourth-order valence-corrected chi connectivity index (χ4v) is 2.95. The van der Waals surface area contributed by atoms with E-state index in [1.54, 1.807) is 17.5 Å². The summed E-state index contributed by atoms with van der Waals surface area (Å²) in [5.41, 5.74) is 5.47. The van der Waals surface area contributed by atoms with Gasteiger partial charge in [0.05, 0.1) is 11.3 Å². The van der Waals surface area contributed by atoms with Crippen LogP contribution in [-0.2, 0) is 19.1 Å². The van der Waals surface area contributed by atoms with E-state index in [2.05, 4.69) is 5.32 Å². The third-order valence-electron chi connectivity index (χ3n) is 3.74. The van der Waals surface area contributed by atoms with Crippen molar-refractivity contribution in [3.05, 3.63) is 52.5 Å². The average Bonchev–Trinajstić information content (AvgIpc) is 3.22. The normalized spacial score (nSPS) is 10.2. The monoisotopic (exact) mass is 421 g/mol. The number of anilines is 1. The van der Waals surface area contributed by atoms with Crippen molar-refractivity contribution in [1.29, 1.82) is 0 Å². The van der Waals surface area contributed by atoms with Crippen molar-refractivity contribution in [3.63, 3.8) is 0 Å². The number of nitrogens with zero attached hydrogens (tertiary/aromatic N) is 1. The van der Waals surface area contributed by atoms with E-state index in [4.69, 9.17) is 10.5 Å². The molecule has 0 fully saturated rings. The van der Waals surface area contributed by atoms with Crippen molar-refractivity contribution in [2.45, 2.75) is 12.8 Å². The molecule has 8 nitrogen and oxygen atoms in total. The molecule has 10 heteroatoms. The summed E-state index contributed by atoms with van der Waals surface area (Å²) in [6, 6.07) is 8.48. The van der Waals surface area contributed by atoms with Crippen LogP contribution in [0.1, 0.15) is 22.5 Å². The molecule has 3 amide bonds. The summed E-state index contributed by atoms with van der Waals surface area (Å²) >= 11 is 1.28. The van der Waals surface area contributed by atoms with E-state index >= 15 is 0 Å². The summed E-state index contributed by atoms with van der Waals surface area (Å²) in [6.07, 6.45) is -0.214. The number of primary amides is 1. The molecule has 0 bridgehead atoms. The van der Waals surface area contributed by atoms with E-state index in [1.165, 1.54) is 40.5 Å². The van der Waals surface area contributed by atoms with Crippen LogP contribution in [-0.4, -0.2) is 43.4 Å². The standard InChI is InChI=1S/C19H20FN3O5S/c20-13-3-5-14(6-4-13)23(10-8-16(21)24)17(25)12-28-18(26)7-9-22-19(27)15-2-1-11-29-15/h1-6,11H,7-10,12H2,(H2,21,24)(H,22,27). The Balaban J connectivity index is 1.83. The topological polar surface area (TPSA) is 119 Å². The maximum Gasteiger partial charge on any atom is 0.308 e. The molecule has 0 saturated heterocycles. The summed E-state index contributed by atoms with van der Waals surface area (Å²) in [5.74, 6) is -2.64. The third-order valence-corrected chi connectivity index (χ3v) is 4.61. The van der Waals surface area contributed by atoms with Gasteiger partial charge in [0.1, 0.15) is 5.82 Å². The van der Waals surface area contributed by atoms with Crippen LogP contribution < -0.4 is 16.0 Å². The van der Waals surface area contributed by atoms with Gasteiger partial charge in [-0.25, -0.2) is 4.39 Å². The molecule has 0 spiro atoms. The summed E-state index contributed by atoms with van der Waals surface area (Å²) in [5, 5.41) is 4.34. The fourth-order valence-electron chi connectivity index (χ4n) is 2.31. The predicted octanol–water partition coefficient (Wildman–Crippen LogP) is 1.46. The van der Waals surface area contributed by atoms with Crippen molar-refractivity contribution >= 4 is 40.7 Å². The molecule has 154 valence electrons. The fraction of sp³-hybridized carbons (Fsp3) is 0.263. The summed E-state index contributed by atoms with van der Waals surface area (Å²) in [7, 11) is 0. The van der Waals surface area contributed by atoms with Gasteiger partial charge in [-0.2, -0.15) is 0 Å². The maximum atomic E-state index is 13.1. The van der Waals surface area contributed by atoms with E-state index in [0.29, 0.717) is 10.6 Å². The van der Waals surface area contributed by atoms with Crippen LogP contribution in [0.2, 0.25) is 0 Å². The molecule has 0 radical (unpaired) electrons. The van der Waals surface area contributed by atoms with Crippen molar-refractivity contribution in [3.8, 4) is 0 Å². The van der Waals surface area contributed by atoms with Crippen LogP contribution >= 0.6 is 11.3 Å². The lowest BCUT2D eigenvalue weighted by atomic mass is 10.2. The lowest BCUT2D eigenvalue weighted by Gasteiger charge is -2.22. The smallest absolute Gasteiger partial charge is 0.308 e. The maximum absolute atomic E-state index is 13.1. The van der Waals surface area contributed by atoms with Gasteiger partial charge in [-0.15, -0.1) is 11.3 Å². The Kier molecular flexibility index (Phi) is 8.28. The Morgan fingerprint density at radius 2 is 1.83 bits per heavy atom. The SMILES string of the molecule is NC(=O)CCN(C(=O)COC(=O)CCNC(=O)c1cccs1)c1ccc(F)cc1. The molecule has 1 heterocycles. The van der Waals surface area contributed by atoms with Gasteiger partial charge in [-0.05, 0) is 35.7 Å². The molecular formula is C19H20FN3O5S. The van der Waals surface area contributed by atoms with E-state index in [9.17, 15) is 23.6 Å². The number of benzene rings is 1. The summed E-state index contributed by atoms with van der Waals surface area (Å²) in [6.45, 7) is -0.533. The number of nitrogens with one attached hydrogen (secondary N) is 1. The minimum atomic E-state index is -0.668. The van der Waals surface area contributed by atoms with Gasteiger partial charge in [0, 0.05) is 25.2 Å². The minimum absolute atomic E-state index is 0.0335. The first-order chi connectivity index (χ1) is 13.9. The Hall–Kier alpha value is -3.27. The lowest BCUT2D eigenvalue weighted by molar-refractivity contribution is -0.147. The van der Waals surface area contributed by atoms with Crippen LogP contribution in [0.15, 0.2) is 41.8 Å². The number of carbonyl (C=O) groups excluding carboxylic acids is 4. The van der Waals surface area contributed by atoms with Gasteiger partial charge in [-0.1, -0.05) is 6.07 Å². The summed E-state index contributed by atoms with van der Waals surface area (Å²) < 4.78 is 18.0. The van der Waals surface area contributed by atoms with E-state index in [-0.39, 0.29) is 31.8 Å². The number of halogens is 1. The number of hydrogen-bond acceptors (Lipinski definition) is 6. The predicted molar refractivity (Wildman–Crippen MR) is 105 cm³/mol. The molecule has 0 aliphatic heterocycles. The molecule has 0 aliphatic carbocycles. The van der Waals surface area contributed by atoms with Crippen LogP contribution in [0.25, 0.3) is 0 Å².